The van der Waals surface area contributed by atoms with Crippen molar-refractivity contribution in [3.8, 4) is 17.2 Å². The van der Waals surface area contributed by atoms with Crippen LogP contribution in [0.25, 0.3) is 0 Å². The van der Waals surface area contributed by atoms with Gasteiger partial charge in [-0.15, -0.1) is 0 Å². The highest BCUT2D eigenvalue weighted by molar-refractivity contribution is 7.79. The molecule has 0 saturated heterocycles. The molecule has 1 unspecified atom stereocenters. The molecule has 0 spiro atoms. The second-order valence-corrected chi connectivity index (χ2v) is 9.68. The fourth-order valence-corrected chi connectivity index (χ4v) is 3.53. The molecule has 1 atom stereocenters. The Morgan fingerprint density at radius 2 is 1.07 bits per heavy atom. The quantitative estimate of drug-likeness (QED) is 0.455. The van der Waals surface area contributed by atoms with E-state index in [0.29, 0.717) is 16.4 Å². The van der Waals surface area contributed by atoms with Gasteiger partial charge in [0.05, 0.1) is 4.90 Å². The van der Waals surface area contributed by atoms with Crippen molar-refractivity contribution < 1.29 is 18.2 Å². The zero-order valence-electron chi connectivity index (χ0n) is 18.0. The Kier molecular flexibility index (Phi) is 6.34. The zero-order chi connectivity index (χ0) is 21.9. The van der Waals surface area contributed by atoms with Crippen molar-refractivity contribution >= 4 is 11.1 Å². The van der Waals surface area contributed by atoms with Crippen LogP contribution in [-0.4, -0.2) is 14.4 Å². The maximum Gasteiger partial charge on any atom is 0.186 e. The topological polar surface area (TPSA) is 55.8 Å². The third kappa shape index (κ3) is 5.49. The first kappa shape index (κ1) is 22.1. The molecular weight excluding hydrogens is 396 g/mol. The molecule has 158 valence electrons. The van der Waals surface area contributed by atoms with Gasteiger partial charge < -0.3 is 14.0 Å². The van der Waals surface area contributed by atoms with Crippen LogP contribution in [0.15, 0.2) is 77.7 Å². The molecule has 0 aliphatic heterocycles. The van der Waals surface area contributed by atoms with Gasteiger partial charge in [0.1, 0.15) is 22.8 Å². The average molecular weight is 425 g/mol. The van der Waals surface area contributed by atoms with Crippen molar-refractivity contribution in [2.75, 3.05) is 0 Å². The third-order valence-corrected chi connectivity index (χ3v) is 5.51. The van der Waals surface area contributed by atoms with Crippen LogP contribution in [0.5, 0.6) is 17.2 Å². The molecule has 3 aromatic rings. The molecule has 5 heteroatoms. The summed E-state index contributed by atoms with van der Waals surface area (Å²) in [7, 11) is 0. The summed E-state index contributed by atoms with van der Waals surface area (Å²) in [4.78, 5) is 0.346. The van der Waals surface area contributed by atoms with Crippen molar-refractivity contribution in [1.82, 2.24) is 0 Å². The van der Waals surface area contributed by atoms with Crippen LogP contribution in [0.2, 0.25) is 0 Å². The number of hydrogen-bond donors (Lipinski definition) is 1. The largest absolute Gasteiger partial charge is 0.488 e. The molecule has 0 aromatic heterocycles. The lowest BCUT2D eigenvalue weighted by Crippen LogP contribution is -2.23. The lowest BCUT2D eigenvalue weighted by atomic mass is 9.78. The van der Waals surface area contributed by atoms with E-state index < -0.39 is 11.1 Å². The van der Waals surface area contributed by atoms with E-state index in [9.17, 15) is 4.21 Å². The monoisotopic (exact) mass is 424 g/mol. The van der Waals surface area contributed by atoms with Crippen LogP contribution in [-0.2, 0) is 16.5 Å². The van der Waals surface area contributed by atoms with E-state index in [4.69, 9.17) is 14.0 Å². The minimum absolute atomic E-state index is 0.175. The maximum atomic E-state index is 11.1. The van der Waals surface area contributed by atoms with Gasteiger partial charge in [0, 0.05) is 5.41 Å². The van der Waals surface area contributed by atoms with Gasteiger partial charge in [0.25, 0.3) is 0 Å². The Balaban J connectivity index is 1.73. The lowest BCUT2D eigenvalue weighted by molar-refractivity contribution is 0.131. The second kappa shape index (κ2) is 8.62. The molecule has 0 bridgehead atoms. The van der Waals surface area contributed by atoms with Gasteiger partial charge in [0.15, 0.2) is 11.1 Å². The molecule has 0 amide bonds. The summed E-state index contributed by atoms with van der Waals surface area (Å²) in [6.45, 7) is 10.5. The van der Waals surface area contributed by atoms with Gasteiger partial charge in [-0.3, -0.25) is 0 Å². The summed E-state index contributed by atoms with van der Waals surface area (Å²) in [6.07, 6.45) is 0. The first-order valence-corrected chi connectivity index (χ1v) is 10.9. The summed E-state index contributed by atoms with van der Waals surface area (Å²) < 4.78 is 31.9. The van der Waals surface area contributed by atoms with Crippen molar-refractivity contribution in [3.05, 3.63) is 83.9 Å². The molecule has 1 N–H and O–H groups in total. The predicted molar refractivity (Wildman–Crippen MR) is 121 cm³/mol. The van der Waals surface area contributed by atoms with Crippen LogP contribution in [0.4, 0.5) is 0 Å². The molecule has 0 fully saturated rings. The fourth-order valence-electron chi connectivity index (χ4n) is 3.16. The summed E-state index contributed by atoms with van der Waals surface area (Å²) in [5.41, 5.74) is 1.98. The van der Waals surface area contributed by atoms with E-state index >= 15 is 0 Å². The highest BCUT2D eigenvalue weighted by atomic mass is 32.2. The van der Waals surface area contributed by atoms with Gasteiger partial charge in [-0.2, -0.15) is 0 Å². The van der Waals surface area contributed by atoms with Crippen LogP contribution in [0, 0.1) is 0 Å². The first-order valence-electron chi connectivity index (χ1n) is 9.83. The number of rotatable bonds is 6. The molecule has 0 heterocycles. The number of hydrogen-bond acceptors (Lipinski definition) is 3. The van der Waals surface area contributed by atoms with Crippen LogP contribution >= 0.6 is 0 Å². The molecular formula is C25H28O4S. The van der Waals surface area contributed by atoms with Crippen molar-refractivity contribution in [2.45, 2.75) is 50.5 Å². The smallest absolute Gasteiger partial charge is 0.186 e. The Hall–Kier alpha value is -2.63. The Morgan fingerprint density at radius 3 is 1.47 bits per heavy atom. The van der Waals surface area contributed by atoms with Gasteiger partial charge in [-0.1, -0.05) is 38.1 Å². The third-order valence-electron chi connectivity index (χ3n) is 4.84. The fraction of sp³-hybridized carbons (Fsp3) is 0.280. The zero-order valence-corrected chi connectivity index (χ0v) is 18.8. The summed E-state index contributed by atoms with van der Waals surface area (Å²) in [5.74, 6) is 2.19. The summed E-state index contributed by atoms with van der Waals surface area (Å²) in [5, 5.41) is 0. The van der Waals surface area contributed by atoms with E-state index in [1.165, 1.54) is 11.1 Å². The molecule has 3 aromatic carbocycles. The molecule has 0 aliphatic carbocycles. The van der Waals surface area contributed by atoms with Crippen molar-refractivity contribution in [2.24, 2.45) is 0 Å². The van der Waals surface area contributed by atoms with Gasteiger partial charge >= 0.3 is 0 Å². The number of ether oxygens (including phenoxy) is 2. The first-order chi connectivity index (χ1) is 14.0. The molecule has 0 radical (unpaired) electrons. The van der Waals surface area contributed by atoms with Crippen molar-refractivity contribution in [1.29, 1.82) is 0 Å². The molecule has 0 aliphatic rings. The maximum absolute atomic E-state index is 11.1. The summed E-state index contributed by atoms with van der Waals surface area (Å²) in [6, 6.07) is 22.8. The van der Waals surface area contributed by atoms with E-state index in [2.05, 4.69) is 38.1 Å². The predicted octanol–water partition coefficient (Wildman–Crippen LogP) is 6.56. The summed E-state index contributed by atoms with van der Waals surface area (Å²) >= 11 is -1.99. The van der Waals surface area contributed by atoms with E-state index in [1.54, 1.807) is 24.3 Å². The molecule has 4 nitrogen and oxygen atoms in total. The van der Waals surface area contributed by atoms with Crippen molar-refractivity contribution in [3.63, 3.8) is 0 Å². The van der Waals surface area contributed by atoms with Gasteiger partial charge in [0.2, 0.25) is 0 Å². The lowest BCUT2D eigenvalue weighted by Gasteiger charge is -2.27. The highest BCUT2D eigenvalue weighted by Gasteiger charge is 2.23. The SMILES string of the molecule is CC(C)(C)Oc1ccc(C(C)(C)c2ccc(Oc3ccc(S(=O)O)cc3)cc2)cc1. The Morgan fingerprint density at radius 1 is 0.667 bits per heavy atom. The standard InChI is InChI=1S/C25H28O4S/c1-24(2,3)29-22-12-8-19(9-13-22)25(4,5)18-6-10-20(11-7-18)28-21-14-16-23(17-15-21)30(26)27/h6-17H,1-5H3,(H,26,27). The van der Waals surface area contributed by atoms with Crippen LogP contribution in [0.3, 0.4) is 0 Å². The number of benzene rings is 3. The van der Waals surface area contributed by atoms with E-state index in [-0.39, 0.29) is 11.0 Å². The Bertz CT molecular complexity index is 999. The van der Waals surface area contributed by atoms with Gasteiger partial charge in [-0.25, -0.2) is 4.21 Å². The second-order valence-electron chi connectivity index (χ2n) is 8.71. The molecule has 0 saturated carbocycles. The average Bonchev–Trinajstić information content (AvgIpc) is 2.68. The van der Waals surface area contributed by atoms with Crippen LogP contribution in [0.1, 0.15) is 45.7 Å². The van der Waals surface area contributed by atoms with E-state index in [1.807, 2.05) is 45.0 Å². The highest BCUT2D eigenvalue weighted by Crippen LogP contribution is 2.34. The molecule has 30 heavy (non-hydrogen) atoms. The minimum Gasteiger partial charge on any atom is -0.488 e. The van der Waals surface area contributed by atoms with Gasteiger partial charge in [-0.05, 0) is 80.4 Å². The molecule has 3 rings (SSSR count). The van der Waals surface area contributed by atoms with E-state index in [0.717, 1.165) is 5.75 Å². The normalized spacial score (nSPS) is 13.0. The Labute approximate surface area is 181 Å². The minimum atomic E-state index is -1.99. The van der Waals surface area contributed by atoms with Crippen LogP contribution < -0.4 is 9.47 Å².